The number of methoxy groups -OCH3 is 1. The number of hydrogen-bond donors (Lipinski definition) is 2. The molecule has 9 heteroatoms. The molecule has 0 saturated carbocycles. The number of rotatable bonds is 7. The highest BCUT2D eigenvalue weighted by Gasteiger charge is 2.09. The summed E-state index contributed by atoms with van der Waals surface area (Å²) >= 11 is 2.75. The van der Waals surface area contributed by atoms with Crippen molar-refractivity contribution in [3.05, 3.63) is 24.3 Å². The van der Waals surface area contributed by atoms with Gasteiger partial charge in [0.2, 0.25) is 11.0 Å². The molecule has 118 valence electrons. The molecule has 0 radical (unpaired) electrons. The monoisotopic (exact) mass is 339 g/mol. The first-order chi connectivity index (χ1) is 10.6. The van der Waals surface area contributed by atoms with Gasteiger partial charge in [0.05, 0.1) is 12.9 Å². The van der Waals surface area contributed by atoms with Crippen molar-refractivity contribution < 1.29 is 9.53 Å². The normalized spacial score (nSPS) is 10.5. The zero-order valence-corrected chi connectivity index (χ0v) is 14.1. The number of ether oxygens (including phenoxy) is 1. The Morgan fingerprint density at radius 3 is 2.95 bits per heavy atom. The van der Waals surface area contributed by atoms with E-state index in [9.17, 15) is 4.79 Å². The zero-order chi connectivity index (χ0) is 15.9. The van der Waals surface area contributed by atoms with E-state index in [1.54, 1.807) is 26.2 Å². The third-order valence-electron chi connectivity index (χ3n) is 2.40. The minimum absolute atomic E-state index is 0.0764. The van der Waals surface area contributed by atoms with Crippen molar-refractivity contribution >= 4 is 39.8 Å². The van der Waals surface area contributed by atoms with E-state index >= 15 is 0 Å². The van der Waals surface area contributed by atoms with Crippen LogP contribution in [0.2, 0.25) is 0 Å². The van der Waals surface area contributed by atoms with E-state index in [0.29, 0.717) is 10.9 Å². The number of thioether (sulfide) groups is 1. The van der Waals surface area contributed by atoms with Crippen LogP contribution in [0.25, 0.3) is 0 Å². The largest absolute Gasteiger partial charge is 0.497 e. The first kappa shape index (κ1) is 16.5. The van der Waals surface area contributed by atoms with Crippen molar-refractivity contribution in [1.29, 1.82) is 0 Å². The van der Waals surface area contributed by atoms with E-state index in [2.05, 4.69) is 20.9 Å². The highest BCUT2D eigenvalue weighted by molar-refractivity contribution is 8.01. The molecule has 0 atom stereocenters. The zero-order valence-electron chi connectivity index (χ0n) is 12.5. The lowest BCUT2D eigenvalue weighted by Gasteiger charge is -2.10. The van der Waals surface area contributed by atoms with Gasteiger partial charge in [-0.15, -0.1) is 10.2 Å². The Balaban J connectivity index is 1.89. The Hall–Kier alpha value is -1.84. The second kappa shape index (κ2) is 7.97. The summed E-state index contributed by atoms with van der Waals surface area (Å²) in [5, 5.41) is 13.6. The molecule has 2 aromatic rings. The minimum Gasteiger partial charge on any atom is -0.497 e. The molecule has 2 N–H and O–H groups in total. The number of aromatic nitrogens is 2. The van der Waals surface area contributed by atoms with Gasteiger partial charge in [-0.1, -0.05) is 29.2 Å². The van der Waals surface area contributed by atoms with E-state index in [0.717, 1.165) is 15.8 Å². The van der Waals surface area contributed by atoms with Gasteiger partial charge >= 0.3 is 0 Å². The molecule has 1 heterocycles. The molecule has 1 amide bonds. The van der Waals surface area contributed by atoms with Gasteiger partial charge in [0, 0.05) is 25.8 Å². The summed E-state index contributed by atoms with van der Waals surface area (Å²) in [5.74, 6) is 0.989. The van der Waals surface area contributed by atoms with Crippen LogP contribution in [0.4, 0.5) is 10.8 Å². The Bertz CT molecular complexity index is 632. The first-order valence-electron chi connectivity index (χ1n) is 6.41. The predicted octanol–water partition coefficient (Wildman–Crippen LogP) is 1.98. The molecule has 1 aromatic carbocycles. The van der Waals surface area contributed by atoms with Crippen LogP contribution in [0.1, 0.15) is 0 Å². The molecular weight excluding hydrogens is 322 g/mol. The fourth-order valence-corrected chi connectivity index (χ4v) is 3.12. The summed E-state index contributed by atoms with van der Waals surface area (Å²) in [6, 6.07) is 7.55. The highest BCUT2D eigenvalue weighted by atomic mass is 32.2. The van der Waals surface area contributed by atoms with Gasteiger partial charge in [-0.05, 0) is 12.1 Å². The van der Waals surface area contributed by atoms with E-state index in [4.69, 9.17) is 4.74 Å². The molecule has 0 fully saturated rings. The smallest absolute Gasteiger partial charge is 0.244 e. The van der Waals surface area contributed by atoms with Crippen molar-refractivity contribution in [3.8, 4) is 5.75 Å². The number of benzene rings is 1. The number of nitrogens with zero attached hydrogens (tertiary/aromatic N) is 3. The molecular formula is C13H17N5O2S2. The first-order valence-corrected chi connectivity index (χ1v) is 8.21. The topological polar surface area (TPSA) is 79.4 Å². The lowest BCUT2D eigenvalue weighted by Crippen LogP contribution is -2.37. The minimum atomic E-state index is -0.0764. The Labute approximate surface area is 137 Å². The average Bonchev–Trinajstić information content (AvgIpc) is 2.92. The van der Waals surface area contributed by atoms with Crippen molar-refractivity contribution in [2.75, 3.05) is 32.3 Å². The van der Waals surface area contributed by atoms with Gasteiger partial charge < -0.3 is 10.1 Å². The van der Waals surface area contributed by atoms with E-state index in [1.165, 1.54) is 23.1 Å². The van der Waals surface area contributed by atoms with Gasteiger partial charge in [-0.3, -0.25) is 10.2 Å². The second-order valence-electron chi connectivity index (χ2n) is 4.45. The fourth-order valence-electron chi connectivity index (χ4n) is 1.55. The lowest BCUT2D eigenvalue weighted by atomic mass is 10.3. The maximum Gasteiger partial charge on any atom is 0.244 e. The molecule has 0 spiro atoms. The van der Waals surface area contributed by atoms with Gasteiger partial charge in [0.25, 0.3) is 0 Å². The second-order valence-corrected chi connectivity index (χ2v) is 6.65. The third kappa shape index (κ3) is 5.17. The number of anilines is 2. The quantitative estimate of drug-likeness (QED) is 0.590. The molecule has 0 aliphatic rings. The van der Waals surface area contributed by atoms with Crippen LogP contribution in [0, 0.1) is 0 Å². The highest BCUT2D eigenvalue weighted by Crippen LogP contribution is 2.28. The molecule has 22 heavy (non-hydrogen) atoms. The molecule has 0 aliphatic carbocycles. The standard InChI is InChI=1S/C13H17N5O2S2/c1-18(2)17-11(19)8-21-13-16-15-12(22-13)14-9-5-4-6-10(7-9)20-3/h4-7H,8H2,1-3H3,(H,14,15)(H,17,19). The number of carbonyl (C=O) groups is 1. The van der Waals surface area contributed by atoms with Gasteiger partial charge in [-0.2, -0.15) is 0 Å². The van der Waals surface area contributed by atoms with E-state index < -0.39 is 0 Å². The van der Waals surface area contributed by atoms with Gasteiger partial charge in [0.15, 0.2) is 4.34 Å². The van der Waals surface area contributed by atoms with Crippen LogP contribution >= 0.6 is 23.1 Å². The van der Waals surface area contributed by atoms with Gasteiger partial charge in [0.1, 0.15) is 5.75 Å². The van der Waals surface area contributed by atoms with Gasteiger partial charge in [-0.25, -0.2) is 5.01 Å². The molecule has 2 rings (SSSR count). The van der Waals surface area contributed by atoms with Crippen LogP contribution in [-0.4, -0.2) is 48.1 Å². The number of nitrogens with one attached hydrogen (secondary N) is 2. The van der Waals surface area contributed by atoms with Crippen LogP contribution < -0.4 is 15.5 Å². The summed E-state index contributed by atoms with van der Waals surface area (Å²) in [5.41, 5.74) is 3.55. The van der Waals surface area contributed by atoms with Crippen molar-refractivity contribution in [1.82, 2.24) is 20.6 Å². The molecule has 0 bridgehead atoms. The van der Waals surface area contributed by atoms with E-state index in [1.807, 2.05) is 24.3 Å². The molecule has 0 unspecified atom stereocenters. The molecule has 0 saturated heterocycles. The molecule has 0 aliphatic heterocycles. The Morgan fingerprint density at radius 2 is 2.23 bits per heavy atom. The fraction of sp³-hybridized carbons (Fsp3) is 0.308. The molecule has 7 nitrogen and oxygen atoms in total. The maximum absolute atomic E-state index is 11.5. The summed E-state index contributed by atoms with van der Waals surface area (Å²) in [6.45, 7) is 0. The summed E-state index contributed by atoms with van der Waals surface area (Å²) in [7, 11) is 5.16. The van der Waals surface area contributed by atoms with Crippen LogP contribution in [0.3, 0.4) is 0 Å². The maximum atomic E-state index is 11.5. The van der Waals surface area contributed by atoms with Crippen molar-refractivity contribution in [2.24, 2.45) is 0 Å². The Morgan fingerprint density at radius 1 is 1.41 bits per heavy atom. The summed E-state index contributed by atoms with van der Waals surface area (Å²) < 4.78 is 5.90. The predicted molar refractivity (Wildman–Crippen MR) is 88.7 cm³/mol. The number of hydrogen-bond acceptors (Lipinski definition) is 8. The van der Waals surface area contributed by atoms with Crippen LogP contribution in [0.15, 0.2) is 28.6 Å². The third-order valence-corrected chi connectivity index (χ3v) is 4.37. The van der Waals surface area contributed by atoms with Crippen molar-refractivity contribution in [2.45, 2.75) is 4.34 Å². The van der Waals surface area contributed by atoms with Crippen LogP contribution in [-0.2, 0) is 4.79 Å². The number of amides is 1. The van der Waals surface area contributed by atoms with E-state index in [-0.39, 0.29) is 5.91 Å². The molecule has 1 aromatic heterocycles. The summed E-state index contributed by atoms with van der Waals surface area (Å²) in [4.78, 5) is 11.5. The van der Waals surface area contributed by atoms with Crippen molar-refractivity contribution in [3.63, 3.8) is 0 Å². The average molecular weight is 339 g/mol. The Kier molecular flexibility index (Phi) is 5.99. The SMILES string of the molecule is COc1cccc(Nc2nnc(SCC(=O)NN(C)C)s2)c1. The lowest BCUT2D eigenvalue weighted by molar-refractivity contribution is -0.122. The summed E-state index contributed by atoms with van der Waals surface area (Å²) in [6.07, 6.45) is 0. The number of hydrazine groups is 1. The van der Waals surface area contributed by atoms with Crippen LogP contribution in [0.5, 0.6) is 5.75 Å². The number of carbonyl (C=O) groups excluding carboxylic acids is 1.